The first-order valence-electron chi connectivity index (χ1n) is 17.5. The minimum absolute atomic E-state index is 0.00517. The molecule has 0 radical (unpaired) electrons. The number of nitrogens with one attached hydrogen (secondary N) is 1. The van der Waals surface area contributed by atoms with Crippen molar-refractivity contribution in [1.29, 1.82) is 0 Å². The average molecular weight is 685 g/mol. The van der Waals surface area contributed by atoms with E-state index in [1.807, 2.05) is 6.92 Å². The van der Waals surface area contributed by atoms with E-state index in [1.165, 1.54) is 24.4 Å². The molecule has 4 aromatic rings. The van der Waals surface area contributed by atoms with Gasteiger partial charge in [0.2, 0.25) is 0 Å². The van der Waals surface area contributed by atoms with Crippen molar-refractivity contribution < 1.29 is 27.4 Å². The third-order valence-corrected chi connectivity index (χ3v) is 11.1. The topological polar surface area (TPSA) is 92.7 Å². The summed E-state index contributed by atoms with van der Waals surface area (Å²) in [6.45, 7) is 6.35. The second-order valence-corrected chi connectivity index (χ2v) is 14.3. The largest absolute Gasteiger partial charge is 0.461 e. The zero-order valence-corrected chi connectivity index (χ0v) is 28.1. The maximum atomic E-state index is 17.1. The monoisotopic (exact) mass is 684 g/mol. The van der Waals surface area contributed by atoms with Crippen LogP contribution in [0.1, 0.15) is 57.9 Å². The summed E-state index contributed by atoms with van der Waals surface area (Å²) in [6.07, 6.45) is 11.1. The Morgan fingerprint density at radius 1 is 1.18 bits per heavy atom. The number of pyridine rings is 1. The Balaban J connectivity index is 1.27. The maximum absolute atomic E-state index is 17.1. The summed E-state index contributed by atoms with van der Waals surface area (Å²) in [6, 6.07) is 6.33. The van der Waals surface area contributed by atoms with Gasteiger partial charge in [0.25, 0.3) is 0 Å². The number of hydrogen-bond donors (Lipinski definition) is 1. The van der Waals surface area contributed by atoms with Crippen LogP contribution in [-0.2, 0) is 4.79 Å². The molecular formula is C38H39F3N6O3. The molecule has 0 spiro atoms. The first kappa shape index (κ1) is 32.7. The number of ether oxygens (including phenoxy) is 2. The number of halogens is 3. The zero-order chi connectivity index (χ0) is 34.7. The lowest BCUT2D eigenvalue weighted by molar-refractivity contribution is -0.138. The van der Waals surface area contributed by atoms with Crippen molar-refractivity contribution in [3.05, 3.63) is 47.7 Å². The molecule has 2 bridgehead atoms. The molecule has 5 atom stereocenters. The number of terminal acetylenes is 1. The number of piperazine rings is 1. The van der Waals surface area contributed by atoms with E-state index in [0.29, 0.717) is 49.1 Å². The smallest absolute Gasteiger partial charge is 0.319 e. The number of rotatable bonds is 8. The van der Waals surface area contributed by atoms with Gasteiger partial charge in [-0.2, -0.15) is 9.97 Å². The Kier molecular flexibility index (Phi) is 8.31. The van der Waals surface area contributed by atoms with E-state index in [0.717, 1.165) is 32.2 Å². The maximum Gasteiger partial charge on any atom is 0.319 e. The molecule has 6 heterocycles. The molecule has 4 unspecified atom stereocenters. The molecule has 4 saturated heterocycles. The highest BCUT2D eigenvalue weighted by Crippen LogP contribution is 2.42. The average Bonchev–Trinajstić information content (AvgIpc) is 3.76. The van der Waals surface area contributed by atoms with Gasteiger partial charge in [-0.25, -0.2) is 13.2 Å². The van der Waals surface area contributed by atoms with E-state index in [1.54, 1.807) is 13.0 Å². The van der Waals surface area contributed by atoms with Crippen molar-refractivity contribution in [2.45, 2.75) is 76.2 Å². The van der Waals surface area contributed by atoms with E-state index in [2.05, 4.69) is 31.0 Å². The number of anilines is 1. The summed E-state index contributed by atoms with van der Waals surface area (Å²) >= 11 is 0. The van der Waals surface area contributed by atoms with Crippen LogP contribution in [0.15, 0.2) is 30.5 Å². The van der Waals surface area contributed by atoms with Crippen LogP contribution in [0.2, 0.25) is 0 Å². The van der Waals surface area contributed by atoms with E-state index >= 15 is 8.78 Å². The fraction of sp³-hybridized carbons (Fsp3) is 0.474. The molecule has 4 aliphatic rings. The van der Waals surface area contributed by atoms with Gasteiger partial charge in [-0.05, 0) is 62.2 Å². The molecule has 9 nitrogen and oxygen atoms in total. The number of esters is 1. The molecule has 4 aliphatic heterocycles. The lowest BCUT2D eigenvalue weighted by Gasteiger charge is -2.34. The summed E-state index contributed by atoms with van der Waals surface area (Å²) in [7, 11) is 0. The van der Waals surface area contributed by atoms with Crippen molar-refractivity contribution in [2.75, 3.05) is 37.7 Å². The number of alkyl halides is 1. The van der Waals surface area contributed by atoms with Gasteiger partial charge < -0.3 is 19.7 Å². The summed E-state index contributed by atoms with van der Waals surface area (Å²) in [5, 5.41) is 4.73. The number of fused-ring (bicyclic) bond motifs is 5. The quantitative estimate of drug-likeness (QED) is 0.137. The fourth-order valence-electron chi connectivity index (χ4n) is 8.32. The molecule has 50 heavy (non-hydrogen) atoms. The SMILES string of the molecule is C#Cc1c(F)ccc2cc(OC(=O)C(C)CC)cc(-c3ncc4c(N5CC6CCC(C5)N6)nc(OC[C@@]56CCCN5CC(F)C6)nc4c3F)c12. The molecule has 12 heteroatoms. The Bertz CT molecular complexity index is 2040. The Morgan fingerprint density at radius 3 is 2.74 bits per heavy atom. The summed E-state index contributed by atoms with van der Waals surface area (Å²) < 4.78 is 58.8. The first-order valence-corrected chi connectivity index (χ1v) is 17.5. The third kappa shape index (κ3) is 5.60. The minimum Gasteiger partial charge on any atom is -0.461 e. The van der Waals surface area contributed by atoms with Crippen LogP contribution in [0.3, 0.4) is 0 Å². The molecule has 0 amide bonds. The van der Waals surface area contributed by atoms with Crippen molar-refractivity contribution in [2.24, 2.45) is 5.92 Å². The lowest BCUT2D eigenvalue weighted by atomic mass is 9.95. The second-order valence-electron chi connectivity index (χ2n) is 14.3. The first-order chi connectivity index (χ1) is 24.2. The number of aromatic nitrogens is 3. The number of hydrogen-bond acceptors (Lipinski definition) is 9. The van der Waals surface area contributed by atoms with Crippen LogP contribution in [0, 0.1) is 29.9 Å². The summed E-state index contributed by atoms with van der Waals surface area (Å²) in [5.41, 5.74) is -0.519. The van der Waals surface area contributed by atoms with Gasteiger partial charge in [0.1, 0.15) is 41.4 Å². The van der Waals surface area contributed by atoms with Crippen LogP contribution in [0.4, 0.5) is 19.0 Å². The van der Waals surface area contributed by atoms with Gasteiger partial charge in [-0.3, -0.25) is 14.7 Å². The number of carbonyl (C=O) groups excluding carboxylic acids is 1. The minimum atomic E-state index is -0.929. The molecule has 2 aromatic carbocycles. The van der Waals surface area contributed by atoms with Crippen LogP contribution in [-0.4, -0.2) is 82.4 Å². The fourth-order valence-corrected chi connectivity index (χ4v) is 8.32. The third-order valence-electron chi connectivity index (χ3n) is 11.1. The molecular weight excluding hydrogens is 645 g/mol. The van der Waals surface area contributed by atoms with Gasteiger partial charge >= 0.3 is 12.0 Å². The highest BCUT2D eigenvalue weighted by Gasteiger charge is 2.49. The number of carbonyl (C=O) groups is 1. The molecule has 260 valence electrons. The normalized spacial score (nSPS) is 25.2. The molecule has 1 N–H and O–H groups in total. The molecule has 4 fully saturated rings. The van der Waals surface area contributed by atoms with E-state index in [9.17, 15) is 9.18 Å². The van der Waals surface area contributed by atoms with E-state index < -0.39 is 29.3 Å². The van der Waals surface area contributed by atoms with Crippen LogP contribution < -0.4 is 19.7 Å². The van der Waals surface area contributed by atoms with Gasteiger partial charge in [-0.15, -0.1) is 6.42 Å². The van der Waals surface area contributed by atoms with Crippen molar-refractivity contribution in [3.8, 4) is 35.4 Å². The zero-order valence-electron chi connectivity index (χ0n) is 28.1. The lowest BCUT2D eigenvalue weighted by Crippen LogP contribution is -2.51. The van der Waals surface area contributed by atoms with Crippen LogP contribution in [0.5, 0.6) is 11.8 Å². The predicted octanol–water partition coefficient (Wildman–Crippen LogP) is 5.95. The van der Waals surface area contributed by atoms with Gasteiger partial charge in [0.05, 0.1) is 22.4 Å². The Hall–Kier alpha value is -4.47. The Labute approximate surface area is 288 Å². The summed E-state index contributed by atoms with van der Waals surface area (Å²) in [5.74, 6) is 0.822. The number of benzene rings is 2. The Morgan fingerprint density at radius 2 is 1.98 bits per heavy atom. The predicted molar refractivity (Wildman–Crippen MR) is 184 cm³/mol. The van der Waals surface area contributed by atoms with Gasteiger partial charge in [-0.1, -0.05) is 25.8 Å². The molecule has 0 saturated carbocycles. The molecule has 2 aromatic heterocycles. The van der Waals surface area contributed by atoms with Crippen molar-refractivity contribution >= 4 is 33.5 Å². The van der Waals surface area contributed by atoms with Crippen LogP contribution in [0.25, 0.3) is 32.9 Å². The van der Waals surface area contributed by atoms with Crippen LogP contribution >= 0.6 is 0 Å². The van der Waals surface area contributed by atoms with Gasteiger partial charge in [0.15, 0.2) is 5.82 Å². The molecule has 0 aliphatic carbocycles. The molecule has 8 rings (SSSR count). The number of nitrogens with zero attached hydrogens (tertiary/aromatic N) is 5. The standard InChI is InChI=1S/C38H39F3N6O3/c1-4-21(3)36(48)50-26-13-22-7-10-30(40)27(5-2)31(22)28(14-26)33-32(41)34-29(16-42-33)35(46-18-24-8-9-25(19-46)43-24)45-37(44-34)49-20-38-11-6-12-47(38)17-23(39)15-38/h2,7,10,13-14,16,21,23-25,43H,4,6,8-9,11-12,15,17-20H2,1,3H3/t21?,23?,24?,25?,38-/m0/s1. The van der Waals surface area contributed by atoms with Crippen molar-refractivity contribution in [1.82, 2.24) is 25.2 Å². The van der Waals surface area contributed by atoms with Crippen molar-refractivity contribution in [3.63, 3.8) is 0 Å². The highest BCUT2D eigenvalue weighted by molar-refractivity contribution is 6.03. The highest BCUT2D eigenvalue weighted by atomic mass is 19.1. The van der Waals surface area contributed by atoms with E-state index in [4.69, 9.17) is 20.9 Å². The summed E-state index contributed by atoms with van der Waals surface area (Å²) in [4.78, 5) is 31.1. The second kappa shape index (κ2) is 12.7. The van der Waals surface area contributed by atoms with Gasteiger partial charge in [0, 0.05) is 55.3 Å². The van der Waals surface area contributed by atoms with E-state index in [-0.39, 0.29) is 64.1 Å².